The van der Waals surface area contributed by atoms with Crippen LogP contribution in [0.25, 0.3) is 0 Å². The lowest BCUT2D eigenvalue weighted by Crippen LogP contribution is -2.15. The fraction of sp³-hybridized carbons (Fsp3) is 0.278. The summed E-state index contributed by atoms with van der Waals surface area (Å²) in [6.07, 6.45) is -0.550. The molecular formula is C18H20F2N2O2. The summed E-state index contributed by atoms with van der Waals surface area (Å²) in [6.45, 7) is 5.46. The summed E-state index contributed by atoms with van der Waals surface area (Å²) in [5.74, 6) is -1.21. The van der Waals surface area contributed by atoms with Gasteiger partial charge in [0.05, 0.1) is 12.6 Å². The van der Waals surface area contributed by atoms with Crippen LogP contribution in [0, 0.1) is 18.6 Å². The van der Waals surface area contributed by atoms with Gasteiger partial charge in [0, 0.05) is 16.9 Å². The lowest BCUT2D eigenvalue weighted by molar-refractivity contribution is 0.168. The lowest BCUT2D eigenvalue weighted by Gasteiger charge is -2.20. The number of rotatable bonds is 5. The van der Waals surface area contributed by atoms with Crippen molar-refractivity contribution in [1.82, 2.24) is 0 Å². The fourth-order valence-electron chi connectivity index (χ4n) is 2.43. The van der Waals surface area contributed by atoms with E-state index in [-0.39, 0.29) is 12.2 Å². The molecule has 0 saturated heterocycles. The van der Waals surface area contributed by atoms with E-state index in [4.69, 9.17) is 4.74 Å². The van der Waals surface area contributed by atoms with E-state index in [1.54, 1.807) is 39.0 Å². The average molecular weight is 334 g/mol. The summed E-state index contributed by atoms with van der Waals surface area (Å²) < 4.78 is 32.6. The number of benzene rings is 2. The molecule has 1 amide bonds. The number of hydrogen-bond donors (Lipinski definition) is 2. The molecule has 0 aliphatic heterocycles. The summed E-state index contributed by atoms with van der Waals surface area (Å²) in [5, 5.41) is 5.72. The molecule has 0 aromatic heterocycles. The predicted octanol–water partition coefficient (Wildman–Crippen LogP) is 5.01. The highest BCUT2D eigenvalue weighted by molar-refractivity contribution is 5.87. The minimum Gasteiger partial charge on any atom is -0.450 e. The van der Waals surface area contributed by atoms with Crippen molar-refractivity contribution in [3.63, 3.8) is 0 Å². The SMILES string of the molecule is CCOC(=O)Nc1cccc(NC(C)c2c(F)cccc2F)c1C. The first kappa shape index (κ1) is 17.7. The maximum atomic E-state index is 13.9. The molecule has 2 rings (SSSR count). The van der Waals surface area contributed by atoms with Gasteiger partial charge in [0.2, 0.25) is 0 Å². The highest BCUT2D eigenvalue weighted by Gasteiger charge is 2.17. The van der Waals surface area contributed by atoms with E-state index in [9.17, 15) is 13.6 Å². The van der Waals surface area contributed by atoms with E-state index < -0.39 is 23.8 Å². The van der Waals surface area contributed by atoms with Crippen molar-refractivity contribution in [3.05, 3.63) is 59.2 Å². The quantitative estimate of drug-likeness (QED) is 0.807. The Labute approximate surface area is 139 Å². The number of carbonyl (C=O) groups excluding carboxylic acids is 1. The van der Waals surface area contributed by atoms with Gasteiger partial charge in [-0.1, -0.05) is 12.1 Å². The molecule has 0 heterocycles. The average Bonchev–Trinajstić information content (AvgIpc) is 2.51. The zero-order chi connectivity index (χ0) is 17.7. The molecule has 0 spiro atoms. The first-order valence-corrected chi connectivity index (χ1v) is 7.67. The number of hydrogen-bond acceptors (Lipinski definition) is 3. The minimum atomic E-state index is -0.603. The Morgan fingerprint density at radius 1 is 1.12 bits per heavy atom. The monoisotopic (exact) mass is 334 g/mol. The number of carbonyl (C=O) groups is 1. The van der Waals surface area contributed by atoms with E-state index in [0.29, 0.717) is 11.4 Å². The summed E-state index contributed by atoms with van der Waals surface area (Å²) in [7, 11) is 0. The zero-order valence-corrected chi connectivity index (χ0v) is 13.8. The third kappa shape index (κ3) is 4.01. The molecule has 1 atom stereocenters. The van der Waals surface area contributed by atoms with Gasteiger partial charge in [-0.25, -0.2) is 13.6 Å². The smallest absolute Gasteiger partial charge is 0.411 e. The normalized spacial score (nSPS) is 11.7. The van der Waals surface area contributed by atoms with Crippen molar-refractivity contribution in [2.24, 2.45) is 0 Å². The van der Waals surface area contributed by atoms with Gasteiger partial charge in [0.1, 0.15) is 11.6 Å². The number of amides is 1. The van der Waals surface area contributed by atoms with Gasteiger partial charge in [0.15, 0.2) is 0 Å². The van der Waals surface area contributed by atoms with Gasteiger partial charge in [0.25, 0.3) is 0 Å². The molecule has 2 aromatic rings. The molecular weight excluding hydrogens is 314 g/mol. The van der Waals surface area contributed by atoms with E-state index >= 15 is 0 Å². The topological polar surface area (TPSA) is 50.4 Å². The fourth-order valence-corrected chi connectivity index (χ4v) is 2.43. The van der Waals surface area contributed by atoms with Gasteiger partial charge in [-0.15, -0.1) is 0 Å². The first-order valence-electron chi connectivity index (χ1n) is 7.67. The Hall–Kier alpha value is -2.63. The molecule has 0 aliphatic carbocycles. The Morgan fingerprint density at radius 3 is 2.33 bits per heavy atom. The molecule has 128 valence electrons. The van der Waals surface area contributed by atoms with Crippen molar-refractivity contribution in [2.45, 2.75) is 26.8 Å². The second kappa shape index (κ2) is 7.77. The van der Waals surface area contributed by atoms with Crippen molar-refractivity contribution < 1.29 is 18.3 Å². The Kier molecular flexibility index (Phi) is 5.73. The van der Waals surface area contributed by atoms with E-state index in [1.165, 1.54) is 18.2 Å². The number of anilines is 2. The standard InChI is InChI=1S/C18H20F2N2O2/c1-4-24-18(23)22-16-10-6-9-15(11(16)2)21-12(3)17-13(19)7-5-8-14(17)20/h5-10,12,21H,4H2,1-3H3,(H,22,23). The van der Waals surface area contributed by atoms with Gasteiger partial charge in [-0.05, 0) is 50.6 Å². The molecule has 1 unspecified atom stereocenters. The summed E-state index contributed by atoms with van der Waals surface area (Å²) in [4.78, 5) is 11.6. The van der Waals surface area contributed by atoms with Crippen LogP contribution in [0.1, 0.15) is 31.0 Å². The van der Waals surface area contributed by atoms with Crippen molar-refractivity contribution >= 4 is 17.5 Å². The van der Waals surface area contributed by atoms with Crippen molar-refractivity contribution in [3.8, 4) is 0 Å². The largest absolute Gasteiger partial charge is 0.450 e. The van der Waals surface area contributed by atoms with Gasteiger partial charge in [-0.3, -0.25) is 5.32 Å². The van der Waals surface area contributed by atoms with Gasteiger partial charge < -0.3 is 10.1 Å². The molecule has 0 radical (unpaired) electrons. The lowest BCUT2D eigenvalue weighted by atomic mass is 10.1. The third-order valence-electron chi connectivity index (χ3n) is 3.65. The summed E-state index contributed by atoms with van der Waals surface area (Å²) in [6, 6.07) is 8.44. The van der Waals surface area contributed by atoms with Crippen LogP contribution in [0.2, 0.25) is 0 Å². The third-order valence-corrected chi connectivity index (χ3v) is 3.65. The van der Waals surface area contributed by atoms with Crippen molar-refractivity contribution in [1.29, 1.82) is 0 Å². The highest BCUT2D eigenvalue weighted by Crippen LogP contribution is 2.29. The number of ether oxygens (including phenoxy) is 1. The van der Waals surface area contributed by atoms with Crippen LogP contribution in [0.15, 0.2) is 36.4 Å². The first-order chi connectivity index (χ1) is 11.4. The Morgan fingerprint density at radius 2 is 1.71 bits per heavy atom. The summed E-state index contributed by atoms with van der Waals surface area (Å²) >= 11 is 0. The van der Waals surface area contributed by atoms with Crippen LogP contribution in [-0.4, -0.2) is 12.7 Å². The van der Waals surface area contributed by atoms with Gasteiger partial charge >= 0.3 is 6.09 Å². The zero-order valence-electron chi connectivity index (χ0n) is 13.8. The minimum absolute atomic E-state index is 0.0272. The Bertz CT molecular complexity index is 715. The van der Waals surface area contributed by atoms with Crippen LogP contribution < -0.4 is 10.6 Å². The van der Waals surface area contributed by atoms with Crippen LogP contribution in [-0.2, 0) is 4.74 Å². The van der Waals surface area contributed by atoms with Crippen LogP contribution in [0.4, 0.5) is 25.0 Å². The Balaban J connectivity index is 2.22. The molecule has 2 aromatic carbocycles. The molecule has 0 bridgehead atoms. The number of halogens is 2. The second-order valence-corrected chi connectivity index (χ2v) is 5.32. The predicted molar refractivity (Wildman–Crippen MR) is 90.2 cm³/mol. The van der Waals surface area contributed by atoms with Gasteiger partial charge in [-0.2, -0.15) is 0 Å². The second-order valence-electron chi connectivity index (χ2n) is 5.32. The van der Waals surface area contributed by atoms with Crippen LogP contribution in [0.5, 0.6) is 0 Å². The van der Waals surface area contributed by atoms with Crippen LogP contribution in [0.3, 0.4) is 0 Å². The molecule has 2 N–H and O–H groups in total. The molecule has 6 heteroatoms. The number of nitrogens with one attached hydrogen (secondary N) is 2. The molecule has 24 heavy (non-hydrogen) atoms. The maximum Gasteiger partial charge on any atom is 0.411 e. The summed E-state index contributed by atoms with van der Waals surface area (Å²) in [5.41, 5.74) is 1.95. The maximum absolute atomic E-state index is 13.9. The van der Waals surface area contributed by atoms with E-state index in [0.717, 1.165) is 5.56 Å². The van der Waals surface area contributed by atoms with E-state index in [2.05, 4.69) is 10.6 Å². The molecule has 4 nitrogen and oxygen atoms in total. The highest BCUT2D eigenvalue weighted by atomic mass is 19.1. The van der Waals surface area contributed by atoms with E-state index in [1.807, 2.05) is 0 Å². The molecule has 0 saturated carbocycles. The molecule has 0 aliphatic rings. The van der Waals surface area contributed by atoms with Crippen LogP contribution >= 0.6 is 0 Å². The molecule has 0 fully saturated rings. The van der Waals surface area contributed by atoms with Crippen molar-refractivity contribution in [2.75, 3.05) is 17.2 Å².